The van der Waals surface area contributed by atoms with Crippen LogP contribution >= 0.6 is 0 Å². The minimum atomic E-state index is -1.12. The minimum Gasteiger partial charge on any atom is -0.507 e. The lowest BCUT2D eigenvalue weighted by Crippen LogP contribution is -2.56. The second kappa shape index (κ2) is 25.5. The molecule has 10 atom stereocenters. The van der Waals surface area contributed by atoms with Crippen LogP contribution in [0.15, 0.2) is 188 Å². The summed E-state index contributed by atoms with van der Waals surface area (Å²) < 4.78 is 60.5. The normalized spacial score (nSPS) is 23.8. The molecule has 0 spiro atoms. The SMILES string of the molecule is COC(=O)c1c(O)c([C@H]2OC(C)[C@@H](OCc3ccccc3)C(OCc3ccccc3)C2OCc2ccccc2)cc([C@H]2OC(C)[C@@H](OCc3ccccc3)C(OCc3ccccc3)C2OCc2ccccc2)c1O. The molecule has 0 bridgehead atoms. The number of esters is 1. The van der Waals surface area contributed by atoms with E-state index in [0.29, 0.717) is 0 Å². The van der Waals surface area contributed by atoms with E-state index in [0.717, 1.165) is 33.4 Å². The van der Waals surface area contributed by atoms with Crippen molar-refractivity contribution >= 4 is 5.97 Å². The van der Waals surface area contributed by atoms with Crippen LogP contribution in [0.1, 0.15) is 80.9 Å². The molecule has 74 heavy (non-hydrogen) atoms. The summed E-state index contributed by atoms with van der Waals surface area (Å²) in [5.41, 5.74) is 5.30. The molecule has 12 heteroatoms. The Bertz CT molecular complexity index is 2620. The van der Waals surface area contributed by atoms with Gasteiger partial charge < -0.3 is 52.8 Å². The first-order chi connectivity index (χ1) is 36.2. The molecule has 2 aliphatic heterocycles. The number of aromatic hydroxyl groups is 2. The van der Waals surface area contributed by atoms with Crippen LogP contribution in [-0.2, 0) is 82.3 Å². The molecule has 12 nitrogen and oxygen atoms in total. The maximum absolute atomic E-state index is 14.1. The van der Waals surface area contributed by atoms with E-state index in [1.54, 1.807) is 6.07 Å². The predicted octanol–water partition coefficient (Wildman–Crippen LogP) is 11.3. The van der Waals surface area contributed by atoms with Crippen molar-refractivity contribution in [2.24, 2.45) is 0 Å². The van der Waals surface area contributed by atoms with E-state index in [-0.39, 0.29) is 50.8 Å². The summed E-state index contributed by atoms with van der Waals surface area (Å²) in [5, 5.41) is 25.0. The highest BCUT2D eigenvalue weighted by Crippen LogP contribution is 2.49. The van der Waals surface area contributed by atoms with Gasteiger partial charge in [0, 0.05) is 11.1 Å². The molecule has 2 N–H and O–H groups in total. The summed E-state index contributed by atoms with van der Waals surface area (Å²) >= 11 is 0. The lowest BCUT2D eigenvalue weighted by Gasteiger charge is -2.47. The zero-order valence-electron chi connectivity index (χ0n) is 41.9. The Kier molecular flexibility index (Phi) is 18.0. The molecule has 2 saturated heterocycles. The third-order valence-corrected chi connectivity index (χ3v) is 13.6. The molecular formula is C62H64O12. The fourth-order valence-electron chi connectivity index (χ4n) is 9.76. The Morgan fingerprint density at radius 2 is 0.635 bits per heavy atom. The van der Waals surface area contributed by atoms with Gasteiger partial charge in [-0.3, -0.25) is 0 Å². The van der Waals surface area contributed by atoms with E-state index in [1.165, 1.54) is 7.11 Å². The van der Waals surface area contributed by atoms with Gasteiger partial charge in [-0.15, -0.1) is 0 Å². The largest absolute Gasteiger partial charge is 0.507 e. The van der Waals surface area contributed by atoms with Crippen LogP contribution in [-0.4, -0.2) is 72.1 Å². The molecule has 7 aromatic carbocycles. The Balaban J connectivity index is 1.16. The van der Waals surface area contributed by atoms with E-state index < -0.39 is 84.1 Å². The van der Waals surface area contributed by atoms with Gasteiger partial charge in [-0.2, -0.15) is 0 Å². The number of phenolic OH excluding ortho intramolecular Hbond substituents is 2. The monoisotopic (exact) mass is 1000 g/mol. The van der Waals surface area contributed by atoms with Gasteiger partial charge >= 0.3 is 5.97 Å². The summed E-state index contributed by atoms with van der Waals surface area (Å²) in [4.78, 5) is 14.1. The van der Waals surface area contributed by atoms with Crippen molar-refractivity contribution in [2.75, 3.05) is 7.11 Å². The third kappa shape index (κ3) is 12.8. The number of carbonyl (C=O) groups is 1. The van der Waals surface area contributed by atoms with Gasteiger partial charge in [0.05, 0.1) is 59.0 Å². The first kappa shape index (κ1) is 52.2. The van der Waals surface area contributed by atoms with Gasteiger partial charge in [-0.1, -0.05) is 182 Å². The molecule has 6 unspecified atom stereocenters. The van der Waals surface area contributed by atoms with Crippen LogP contribution in [0.2, 0.25) is 0 Å². The Morgan fingerprint density at radius 3 is 0.892 bits per heavy atom. The minimum absolute atomic E-state index is 0.125. The van der Waals surface area contributed by atoms with Gasteiger partial charge in [0.15, 0.2) is 0 Å². The molecule has 0 aliphatic carbocycles. The van der Waals surface area contributed by atoms with Gasteiger partial charge in [0.1, 0.15) is 65.9 Å². The van der Waals surface area contributed by atoms with Crippen molar-refractivity contribution < 1.29 is 57.6 Å². The van der Waals surface area contributed by atoms with Crippen molar-refractivity contribution in [3.63, 3.8) is 0 Å². The smallest absolute Gasteiger partial charge is 0.345 e. The van der Waals surface area contributed by atoms with Crippen LogP contribution in [0.3, 0.4) is 0 Å². The van der Waals surface area contributed by atoms with Crippen molar-refractivity contribution in [1.82, 2.24) is 0 Å². The number of methoxy groups -OCH3 is 1. The standard InChI is InChI=1S/C62H64O12/c1-41-54(67-35-43-22-10-4-11-23-43)58(69-37-45-26-14-6-15-27-45)60(71-39-47-30-18-8-19-31-47)56(73-41)49-34-50(53(64)51(52(49)63)62(65)66-3)57-61(72-40-48-32-20-9-21-33-48)59(70-38-46-28-16-7-17-29-46)55(42(2)74-57)68-36-44-24-12-5-13-25-44/h4-34,41-42,54-61,63-64H,35-40H2,1-3H3/t41?,42?,54-,55-,56-,57-,58?,59?,60?,61?/m1/s1. The lowest BCUT2D eigenvalue weighted by atomic mass is 9.85. The third-order valence-electron chi connectivity index (χ3n) is 13.6. The lowest BCUT2D eigenvalue weighted by molar-refractivity contribution is -0.265. The number of ether oxygens (including phenoxy) is 9. The quantitative estimate of drug-likeness (QED) is 0.0662. The van der Waals surface area contributed by atoms with Crippen LogP contribution in [0, 0.1) is 0 Å². The summed E-state index contributed by atoms with van der Waals surface area (Å²) in [6.07, 6.45) is -8.47. The molecule has 9 rings (SSSR count). The number of carbonyl (C=O) groups excluding carboxylic acids is 1. The fraction of sp³-hybridized carbons (Fsp3) is 0.306. The van der Waals surface area contributed by atoms with Crippen LogP contribution in [0.5, 0.6) is 11.5 Å². The highest BCUT2D eigenvalue weighted by Gasteiger charge is 2.52. The van der Waals surface area contributed by atoms with E-state index >= 15 is 0 Å². The van der Waals surface area contributed by atoms with Crippen LogP contribution < -0.4 is 0 Å². The highest BCUT2D eigenvalue weighted by molar-refractivity contribution is 5.96. The average molecular weight is 1000 g/mol. The number of hydrogen-bond acceptors (Lipinski definition) is 12. The van der Waals surface area contributed by atoms with Gasteiger partial charge in [-0.25, -0.2) is 4.79 Å². The number of hydrogen-bond donors (Lipinski definition) is 2. The predicted molar refractivity (Wildman–Crippen MR) is 278 cm³/mol. The molecule has 0 radical (unpaired) electrons. The van der Waals surface area contributed by atoms with Crippen molar-refractivity contribution in [3.05, 3.63) is 238 Å². The molecule has 0 aromatic heterocycles. The van der Waals surface area contributed by atoms with E-state index in [4.69, 9.17) is 42.6 Å². The van der Waals surface area contributed by atoms with Crippen molar-refractivity contribution in [3.8, 4) is 11.5 Å². The second-order valence-electron chi connectivity index (χ2n) is 18.7. The summed E-state index contributed by atoms with van der Waals surface area (Å²) in [6, 6.07) is 60.3. The zero-order chi connectivity index (χ0) is 51.2. The molecule has 7 aromatic rings. The van der Waals surface area contributed by atoms with Crippen molar-refractivity contribution in [1.29, 1.82) is 0 Å². The van der Waals surface area contributed by atoms with E-state index in [1.807, 2.05) is 196 Å². The van der Waals surface area contributed by atoms with Gasteiger partial charge in [-0.05, 0) is 53.3 Å². The first-order valence-corrected chi connectivity index (χ1v) is 25.2. The Labute approximate surface area is 433 Å². The maximum Gasteiger partial charge on any atom is 0.345 e. The number of benzene rings is 7. The van der Waals surface area contributed by atoms with E-state index in [9.17, 15) is 15.0 Å². The Morgan fingerprint density at radius 1 is 0.392 bits per heavy atom. The molecule has 2 aliphatic rings. The maximum atomic E-state index is 14.1. The molecule has 0 saturated carbocycles. The highest BCUT2D eigenvalue weighted by atomic mass is 16.6. The van der Waals surface area contributed by atoms with Gasteiger partial charge in [0.2, 0.25) is 0 Å². The summed E-state index contributed by atoms with van der Waals surface area (Å²) in [7, 11) is 1.19. The van der Waals surface area contributed by atoms with Crippen molar-refractivity contribution in [2.45, 2.75) is 115 Å². The average Bonchev–Trinajstić information content (AvgIpc) is 3.44. The van der Waals surface area contributed by atoms with Crippen LogP contribution in [0.25, 0.3) is 0 Å². The number of rotatable bonds is 21. The topological polar surface area (TPSA) is 141 Å². The summed E-state index contributed by atoms with van der Waals surface area (Å²) in [6.45, 7) is 4.96. The summed E-state index contributed by atoms with van der Waals surface area (Å²) in [5.74, 6) is -2.09. The Hall–Kier alpha value is -6.71. The molecule has 2 fully saturated rings. The van der Waals surface area contributed by atoms with E-state index in [2.05, 4.69) is 0 Å². The van der Waals surface area contributed by atoms with Crippen LogP contribution in [0.4, 0.5) is 0 Å². The first-order valence-electron chi connectivity index (χ1n) is 25.2. The number of phenols is 2. The molecule has 0 amide bonds. The molecule has 2 heterocycles. The van der Waals surface area contributed by atoms with Gasteiger partial charge in [0.25, 0.3) is 0 Å². The molecular weight excluding hydrogens is 937 g/mol. The second-order valence-corrected chi connectivity index (χ2v) is 18.7. The fourth-order valence-corrected chi connectivity index (χ4v) is 9.76. The molecule has 384 valence electrons. The zero-order valence-corrected chi connectivity index (χ0v) is 41.9.